The van der Waals surface area contributed by atoms with Crippen LogP contribution in [0, 0.1) is 0 Å². The summed E-state index contributed by atoms with van der Waals surface area (Å²) in [5.41, 5.74) is 0.669. The van der Waals surface area contributed by atoms with Gasteiger partial charge in [0.15, 0.2) is 0 Å². The van der Waals surface area contributed by atoms with Gasteiger partial charge in [0.1, 0.15) is 0 Å². The smallest absolute Gasteiger partial charge is 0.207 e. The van der Waals surface area contributed by atoms with Crippen LogP contribution in [0.3, 0.4) is 0 Å². The van der Waals surface area contributed by atoms with Crippen LogP contribution in [-0.2, 0) is 15.9 Å². The summed E-state index contributed by atoms with van der Waals surface area (Å²) in [7, 11) is -3.44. The van der Waals surface area contributed by atoms with E-state index < -0.39 is 10.0 Å². The highest BCUT2D eigenvalue weighted by molar-refractivity contribution is 8.00. The van der Waals surface area contributed by atoms with Crippen LogP contribution in [0.4, 0.5) is 0 Å². The lowest BCUT2D eigenvalue weighted by molar-refractivity contribution is 0.404. The van der Waals surface area contributed by atoms with Gasteiger partial charge in [0, 0.05) is 29.5 Å². The predicted octanol–water partition coefficient (Wildman–Crippen LogP) is 2.94. The van der Waals surface area contributed by atoms with E-state index in [1.54, 1.807) is 22.5 Å². The molecule has 1 aliphatic rings. The van der Waals surface area contributed by atoms with Gasteiger partial charge in [0.25, 0.3) is 0 Å². The van der Waals surface area contributed by atoms with Crippen molar-refractivity contribution in [2.75, 3.05) is 13.1 Å². The second kappa shape index (κ2) is 6.04. The number of nitrogens with zero attached hydrogens (tertiary/aromatic N) is 1. The summed E-state index contributed by atoms with van der Waals surface area (Å²) in [5.74, 6) is 0.211. The summed E-state index contributed by atoms with van der Waals surface area (Å²) in [6, 6.07) is 6.97. The summed E-state index contributed by atoms with van der Waals surface area (Å²) in [4.78, 5) is 0.344. The zero-order chi connectivity index (χ0) is 14.0. The number of alkyl halides is 1. The normalized spacial score (nSPS) is 25.4. The van der Waals surface area contributed by atoms with Crippen LogP contribution in [0.25, 0.3) is 0 Å². The van der Waals surface area contributed by atoms with Crippen molar-refractivity contribution in [1.29, 1.82) is 0 Å². The first-order valence-corrected chi connectivity index (χ1v) is 9.16. The molecule has 2 rings (SSSR count). The predicted molar refractivity (Wildman–Crippen MR) is 81.3 cm³/mol. The quantitative estimate of drug-likeness (QED) is 0.804. The molecule has 1 fully saturated rings. The monoisotopic (exact) mass is 319 g/mol. The van der Waals surface area contributed by atoms with Gasteiger partial charge in [-0.2, -0.15) is 16.1 Å². The fourth-order valence-electron chi connectivity index (χ4n) is 2.33. The summed E-state index contributed by atoms with van der Waals surface area (Å²) in [5, 5.41) is 0.642. The molecule has 0 saturated carbocycles. The molecule has 0 N–H and O–H groups in total. The van der Waals surface area contributed by atoms with E-state index in [2.05, 4.69) is 13.8 Å². The molecule has 6 heteroatoms. The highest BCUT2D eigenvalue weighted by atomic mass is 35.5. The minimum Gasteiger partial charge on any atom is -0.207 e. The van der Waals surface area contributed by atoms with Crippen LogP contribution >= 0.6 is 23.4 Å². The third-order valence-corrected chi connectivity index (χ3v) is 6.57. The Hall–Kier alpha value is -0.230. The van der Waals surface area contributed by atoms with E-state index in [0.29, 0.717) is 34.0 Å². The molecule has 0 amide bonds. The number of halogens is 1. The van der Waals surface area contributed by atoms with Crippen molar-refractivity contribution >= 4 is 33.4 Å². The van der Waals surface area contributed by atoms with Gasteiger partial charge in [-0.15, -0.1) is 11.6 Å². The van der Waals surface area contributed by atoms with E-state index in [1.807, 2.05) is 17.8 Å². The molecule has 1 aromatic carbocycles. The number of sulfonamides is 1. The van der Waals surface area contributed by atoms with Crippen LogP contribution in [0.2, 0.25) is 0 Å². The standard InChI is InChI=1S/C13H18ClNO2S2/c1-10-8-15(9-11(2)18-10)19(16,17)13-6-4-3-5-12(13)7-14/h3-6,10-11H,7-9H2,1-2H3. The summed E-state index contributed by atoms with van der Waals surface area (Å²) in [6.07, 6.45) is 0. The van der Waals surface area contributed by atoms with Gasteiger partial charge in [0.2, 0.25) is 10.0 Å². The maximum atomic E-state index is 12.7. The Kier molecular flexibility index (Phi) is 4.82. The van der Waals surface area contributed by atoms with Gasteiger partial charge in [-0.05, 0) is 11.6 Å². The van der Waals surface area contributed by atoms with E-state index in [0.717, 1.165) is 0 Å². The average Bonchev–Trinajstić information content (AvgIpc) is 2.37. The highest BCUT2D eigenvalue weighted by Crippen LogP contribution is 2.30. The Balaban J connectivity index is 2.36. The number of thioether (sulfide) groups is 1. The van der Waals surface area contributed by atoms with Crippen LogP contribution in [-0.4, -0.2) is 36.3 Å². The van der Waals surface area contributed by atoms with Crippen LogP contribution < -0.4 is 0 Å². The Morgan fingerprint density at radius 3 is 2.42 bits per heavy atom. The van der Waals surface area contributed by atoms with Crippen molar-refractivity contribution in [2.45, 2.75) is 35.1 Å². The fourth-order valence-corrected chi connectivity index (χ4v) is 6.00. The first-order valence-electron chi connectivity index (χ1n) is 6.24. The second-order valence-corrected chi connectivity index (χ2v) is 8.88. The molecule has 3 nitrogen and oxygen atoms in total. The summed E-state index contributed by atoms with van der Waals surface area (Å²) in [6.45, 7) is 5.26. The Morgan fingerprint density at radius 1 is 1.26 bits per heavy atom. The van der Waals surface area contributed by atoms with Crippen molar-refractivity contribution < 1.29 is 8.42 Å². The summed E-state index contributed by atoms with van der Waals surface area (Å²) >= 11 is 7.68. The maximum absolute atomic E-state index is 12.7. The summed E-state index contributed by atoms with van der Waals surface area (Å²) < 4.78 is 27.0. The third-order valence-electron chi connectivity index (χ3n) is 3.12. The van der Waals surface area contributed by atoms with E-state index in [-0.39, 0.29) is 5.88 Å². The second-order valence-electron chi connectivity index (χ2n) is 4.82. The first kappa shape index (κ1) is 15.2. The van der Waals surface area contributed by atoms with Gasteiger partial charge < -0.3 is 0 Å². The largest absolute Gasteiger partial charge is 0.243 e. The molecular formula is C13H18ClNO2S2. The van der Waals surface area contributed by atoms with Crippen LogP contribution in [0.15, 0.2) is 29.2 Å². The molecule has 0 aliphatic carbocycles. The molecule has 1 heterocycles. The van der Waals surface area contributed by atoms with Gasteiger partial charge in [-0.3, -0.25) is 0 Å². The van der Waals surface area contributed by atoms with Gasteiger partial charge in [0.05, 0.1) is 4.90 Å². The van der Waals surface area contributed by atoms with Crippen molar-refractivity contribution in [3.8, 4) is 0 Å². The SMILES string of the molecule is CC1CN(S(=O)(=O)c2ccccc2CCl)CC(C)S1. The Morgan fingerprint density at radius 2 is 1.84 bits per heavy atom. The van der Waals surface area contributed by atoms with Crippen molar-refractivity contribution in [3.05, 3.63) is 29.8 Å². The molecule has 1 aliphatic heterocycles. The first-order chi connectivity index (χ1) is 8.95. The Labute approximate surface area is 124 Å². The average molecular weight is 320 g/mol. The number of rotatable bonds is 3. The van der Waals surface area contributed by atoms with Crippen LogP contribution in [0.1, 0.15) is 19.4 Å². The van der Waals surface area contributed by atoms with Gasteiger partial charge >= 0.3 is 0 Å². The molecule has 1 saturated heterocycles. The van der Waals surface area contributed by atoms with E-state index in [4.69, 9.17) is 11.6 Å². The zero-order valence-corrected chi connectivity index (χ0v) is 13.4. The minimum atomic E-state index is -3.44. The molecular weight excluding hydrogens is 302 g/mol. The van der Waals surface area contributed by atoms with E-state index in [9.17, 15) is 8.42 Å². The van der Waals surface area contributed by atoms with Crippen molar-refractivity contribution in [3.63, 3.8) is 0 Å². The van der Waals surface area contributed by atoms with Gasteiger partial charge in [-0.1, -0.05) is 32.0 Å². The molecule has 19 heavy (non-hydrogen) atoms. The van der Waals surface area contributed by atoms with E-state index >= 15 is 0 Å². The lowest BCUT2D eigenvalue weighted by Gasteiger charge is -2.34. The maximum Gasteiger partial charge on any atom is 0.243 e. The zero-order valence-electron chi connectivity index (χ0n) is 11.0. The molecule has 106 valence electrons. The van der Waals surface area contributed by atoms with Crippen LogP contribution in [0.5, 0.6) is 0 Å². The van der Waals surface area contributed by atoms with Gasteiger partial charge in [-0.25, -0.2) is 8.42 Å². The topological polar surface area (TPSA) is 37.4 Å². The lowest BCUT2D eigenvalue weighted by atomic mass is 10.2. The molecule has 0 aromatic heterocycles. The molecule has 0 bridgehead atoms. The number of hydrogen-bond donors (Lipinski definition) is 0. The molecule has 1 aromatic rings. The number of benzene rings is 1. The minimum absolute atomic E-state index is 0.211. The molecule has 0 radical (unpaired) electrons. The van der Waals surface area contributed by atoms with E-state index in [1.165, 1.54) is 0 Å². The molecule has 2 atom stereocenters. The van der Waals surface area contributed by atoms with Crippen molar-refractivity contribution in [1.82, 2.24) is 4.31 Å². The Bertz CT molecular complexity index is 537. The molecule has 0 spiro atoms. The van der Waals surface area contributed by atoms with Crippen molar-refractivity contribution in [2.24, 2.45) is 0 Å². The number of hydrogen-bond acceptors (Lipinski definition) is 3. The third kappa shape index (κ3) is 3.27. The molecule has 2 unspecified atom stereocenters. The highest BCUT2D eigenvalue weighted by Gasteiger charge is 2.32. The fraction of sp³-hybridized carbons (Fsp3) is 0.538. The lowest BCUT2D eigenvalue weighted by Crippen LogP contribution is -2.44.